The zero-order valence-corrected chi connectivity index (χ0v) is 20.4. The summed E-state index contributed by atoms with van der Waals surface area (Å²) in [7, 11) is 0. The lowest BCUT2D eigenvalue weighted by Crippen LogP contribution is -2.61. The van der Waals surface area contributed by atoms with Gasteiger partial charge in [0.2, 0.25) is 11.2 Å². The Morgan fingerprint density at radius 1 is 1.35 bits per heavy atom. The summed E-state index contributed by atoms with van der Waals surface area (Å²) in [6, 6.07) is 1.55. The van der Waals surface area contributed by atoms with Gasteiger partial charge in [0, 0.05) is 17.1 Å². The molecular weight excluding hydrogens is 511 g/mol. The van der Waals surface area contributed by atoms with Gasteiger partial charge in [-0.2, -0.15) is 4.98 Å². The Bertz CT molecular complexity index is 1030. The number of hydrogen-bond donors (Lipinski definition) is 2. The van der Waals surface area contributed by atoms with Crippen LogP contribution in [0.25, 0.3) is 10.9 Å². The van der Waals surface area contributed by atoms with Crippen LogP contribution < -0.4 is 10.1 Å². The fourth-order valence-electron chi connectivity index (χ4n) is 4.17. The number of piperazine rings is 1. The summed E-state index contributed by atoms with van der Waals surface area (Å²) in [5, 5.41) is 14.3. The molecule has 0 spiro atoms. The summed E-state index contributed by atoms with van der Waals surface area (Å²) in [5.41, 5.74) is -0.161. The smallest absolute Gasteiger partial charge is 0.410 e. The first-order valence-electron chi connectivity index (χ1n) is 9.97. The maximum atomic E-state index is 12.8. The molecule has 0 aliphatic carbocycles. The van der Waals surface area contributed by atoms with Crippen molar-refractivity contribution in [3.05, 3.63) is 20.8 Å². The molecule has 1 amide bonds. The van der Waals surface area contributed by atoms with Crippen molar-refractivity contribution in [3.63, 3.8) is 0 Å². The van der Waals surface area contributed by atoms with E-state index in [1.807, 2.05) is 25.7 Å². The summed E-state index contributed by atoms with van der Waals surface area (Å²) >= 11 is 15.7. The quantitative estimate of drug-likeness (QED) is 0.559. The van der Waals surface area contributed by atoms with Gasteiger partial charge in [0.1, 0.15) is 17.6 Å². The average Bonchev–Trinajstić information content (AvgIpc) is 2.97. The summed E-state index contributed by atoms with van der Waals surface area (Å²) in [5.74, 6) is -0.0572. The number of nitrogens with one attached hydrogen (secondary N) is 1. The Balaban J connectivity index is 1.58. The summed E-state index contributed by atoms with van der Waals surface area (Å²) < 4.78 is 12.3. The third-order valence-electron chi connectivity index (χ3n) is 5.43. The Morgan fingerprint density at radius 3 is 2.81 bits per heavy atom. The molecule has 0 radical (unpaired) electrons. The van der Waals surface area contributed by atoms with Crippen LogP contribution in [0.15, 0.2) is 10.5 Å². The van der Waals surface area contributed by atoms with Gasteiger partial charge in [-0.05, 0) is 67.2 Å². The summed E-state index contributed by atoms with van der Waals surface area (Å²) in [6.07, 6.45) is 1.45. The van der Waals surface area contributed by atoms with Crippen LogP contribution in [0.4, 0.5) is 4.79 Å². The number of hydrogen-bond acceptors (Lipinski definition) is 7. The molecule has 0 saturated carbocycles. The molecule has 2 aliphatic rings. The van der Waals surface area contributed by atoms with Crippen LogP contribution in [0.5, 0.6) is 11.6 Å². The molecule has 2 fully saturated rings. The molecule has 2 aromatic rings. The number of aromatic hydroxyl groups is 1. The van der Waals surface area contributed by atoms with E-state index < -0.39 is 5.60 Å². The molecule has 2 N–H and O–H groups in total. The van der Waals surface area contributed by atoms with E-state index in [4.69, 9.17) is 32.7 Å². The van der Waals surface area contributed by atoms with Gasteiger partial charge in [0.25, 0.3) is 0 Å². The first-order valence-corrected chi connectivity index (χ1v) is 11.5. The maximum absolute atomic E-state index is 12.8. The van der Waals surface area contributed by atoms with Crippen molar-refractivity contribution in [1.82, 2.24) is 20.2 Å². The lowest BCUT2D eigenvalue weighted by atomic mass is 10.1. The van der Waals surface area contributed by atoms with Gasteiger partial charge >= 0.3 is 6.09 Å². The zero-order valence-electron chi connectivity index (χ0n) is 17.3. The number of nitrogens with zero attached hydrogens (tertiary/aromatic N) is 3. The fraction of sp³-hybridized carbons (Fsp3) is 0.550. The van der Waals surface area contributed by atoms with Gasteiger partial charge in [0.15, 0.2) is 5.75 Å². The van der Waals surface area contributed by atoms with E-state index in [0.29, 0.717) is 16.5 Å². The van der Waals surface area contributed by atoms with E-state index in [1.54, 1.807) is 6.07 Å². The molecule has 3 atom stereocenters. The summed E-state index contributed by atoms with van der Waals surface area (Å²) in [6.45, 7) is 6.45. The molecule has 4 rings (SSSR count). The van der Waals surface area contributed by atoms with Crippen molar-refractivity contribution in [3.8, 4) is 11.6 Å². The van der Waals surface area contributed by atoms with E-state index in [-0.39, 0.29) is 58.1 Å². The maximum Gasteiger partial charge on any atom is 0.410 e. The van der Waals surface area contributed by atoms with Crippen LogP contribution in [0, 0.1) is 0 Å². The van der Waals surface area contributed by atoms with E-state index in [9.17, 15) is 9.90 Å². The van der Waals surface area contributed by atoms with Gasteiger partial charge in [-0.3, -0.25) is 4.90 Å². The van der Waals surface area contributed by atoms with Crippen molar-refractivity contribution >= 4 is 56.1 Å². The Labute approximate surface area is 198 Å². The van der Waals surface area contributed by atoms with Crippen molar-refractivity contribution in [1.29, 1.82) is 0 Å². The number of ether oxygens (including phenoxy) is 2. The molecule has 31 heavy (non-hydrogen) atoms. The normalized spacial score (nSPS) is 23.3. The second kappa shape index (κ2) is 8.42. The monoisotopic (exact) mass is 532 g/mol. The lowest BCUT2D eigenvalue weighted by molar-refractivity contribution is 0.00126. The number of carbonyl (C=O) groups excluding carboxylic acids is 1. The second-order valence-electron chi connectivity index (χ2n) is 8.72. The van der Waals surface area contributed by atoms with E-state index in [0.717, 1.165) is 12.8 Å². The fourth-order valence-corrected chi connectivity index (χ4v) is 4.94. The van der Waals surface area contributed by atoms with Gasteiger partial charge in [-0.15, -0.1) is 0 Å². The van der Waals surface area contributed by atoms with Crippen LogP contribution in [0.1, 0.15) is 33.6 Å². The first kappa shape index (κ1) is 22.6. The molecule has 2 aliphatic heterocycles. The number of halogens is 3. The Kier molecular flexibility index (Phi) is 6.15. The van der Waals surface area contributed by atoms with Gasteiger partial charge in [0.05, 0.1) is 22.6 Å². The molecular formula is C20H23BrCl2N4O4. The number of benzene rings is 1. The summed E-state index contributed by atoms with van der Waals surface area (Å²) in [4.78, 5) is 22.6. The van der Waals surface area contributed by atoms with E-state index in [2.05, 4.69) is 31.2 Å². The van der Waals surface area contributed by atoms with Crippen LogP contribution >= 0.6 is 39.1 Å². The minimum atomic E-state index is -0.561. The zero-order chi connectivity index (χ0) is 22.5. The standard InChI is InChI=1S/C20H23BrCl2N4O4/c1-20(2,3)31-19(29)27-9-4-5-13(27)12(24-7-9)8-30-16-14-11(6-10(21)15(16)22)25-18(23)26-17(14)28/h6,9,12-13,24H,4-5,7-8H2,1-3H3,(H,25,26,28)/t9-,12-,13+/m1/s1. The van der Waals surface area contributed by atoms with Crippen LogP contribution in [0.2, 0.25) is 10.3 Å². The molecule has 2 bridgehead atoms. The molecule has 1 aromatic carbocycles. The second-order valence-corrected chi connectivity index (χ2v) is 10.3. The number of amides is 1. The van der Waals surface area contributed by atoms with Crippen molar-refractivity contribution < 1.29 is 19.4 Å². The average molecular weight is 534 g/mol. The minimum absolute atomic E-state index is 0.0647. The molecule has 3 heterocycles. The Hall–Kier alpha value is -1.55. The van der Waals surface area contributed by atoms with E-state index >= 15 is 0 Å². The van der Waals surface area contributed by atoms with Gasteiger partial charge < -0.3 is 19.9 Å². The molecule has 168 valence electrons. The predicted octanol–water partition coefficient (Wildman–Crippen LogP) is 4.52. The molecule has 2 saturated heterocycles. The van der Waals surface area contributed by atoms with Crippen molar-refractivity contribution in [2.24, 2.45) is 0 Å². The van der Waals surface area contributed by atoms with Gasteiger partial charge in [-0.1, -0.05) is 11.6 Å². The molecule has 8 nitrogen and oxygen atoms in total. The number of fused-ring (bicyclic) bond motifs is 3. The molecule has 0 unspecified atom stereocenters. The predicted molar refractivity (Wildman–Crippen MR) is 121 cm³/mol. The number of aromatic nitrogens is 2. The van der Waals surface area contributed by atoms with Crippen LogP contribution in [0.3, 0.4) is 0 Å². The number of rotatable bonds is 3. The van der Waals surface area contributed by atoms with Crippen LogP contribution in [-0.2, 0) is 4.74 Å². The first-order chi connectivity index (χ1) is 14.5. The minimum Gasteiger partial charge on any atom is -0.493 e. The Morgan fingerprint density at radius 2 is 2.10 bits per heavy atom. The SMILES string of the molecule is CC(C)(C)OC(=O)N1[C@@H]2CC[C@H]1[C@@H](COc1c(Cl)c(Br)cc3nc(Cl)nc(O)c13)NC2. The van der Waals surface area contributed by atoms with Crippen LogP contribution in [-0.4, -0.2) is 62.9 Å². The molecule has 11 heteroatoms. The van der Waals surface area contributed by atoms with Gasteiger partial charge in [-0.25, -0.2) is 9.78 Å². The highest BCUT2D eigenvalue weighted by atomic mass is 79.9. The lowest BCUT2D eigenvalue weighted by Gasteiger charge is -2.41. The highest BCUT2D eigenvalue weighted by Crippen LogP contribution is 2.42. The molecule has 1 aromatic heterocycles. The third kappa shape index (κ3) is 4.51. The van der Waals surface area contributed by atoms with E-state index in [1.165, 1.54) is 0 Å². The number of carbonyl (C=O) groups is 1. The highest BCUT2D eigenvalue weighted by Gasteiger charge is 2.46. The topological polar surface area (TPSA) is 96.8 Å². The van der Waals surface area contributed by atoms with Crippen molar-refractivity contribution in [2.75, 3.05) is 13.2 Å². The highest BCUT2D eigenvalue weighted by molar-refractivity contribution is 9.10. The largest absolute Gasteiger partial charge is 0.493 e. The third-order valence-corrected chi connectivity index (χ3v) is 6.83. The van der Waals surface area contributed by atoms with Crippen molar-refractivity contribution in [2.45, 2.75) is 57.3 Å².